The Bertz CT molecular complexity index is 4420. The maximum absolute atomic E-state index is 13.1. The minimum Gasteiger partial charge on any atom is -0.507 e. The summed E-state index contributed by atoms with van der Waals surface area (Å²) in [5, 5.41) is 62.8. The van der Waals surface area contributed by atoms with E-state index in [9.17, 15) is 48.5 Å². The number of carbonyl (C=O) groups excluding carboxylic acids is 6. The number of methoxy groups -OCH3 is 1. The minimum atomic E-state index is -0.386. The molecule has 0 atom stereocenters. The fourth-order valence-corrected chi connectivity index (χ4v) is 10.5. The monoisotopic (exact) mass is 1370 g/mol. The van der Waals surface area contributed by atoms with Crippen LogP contribution in [-0.4, -0.2) is 87.6 Å². The molecule has 9 aromatic rings. The number of phenols is 3. The van der Waals surface area contributed by atoms with E-state index in [-0.39, 0.29) is 107 Å². The van der Waals surface area contributed by atoms with Gasteiger partial charge in [0.15, 0.2) is 0 Å². The second-order valence-corrected chi connectivity index (χ2v) is 26.1. The molecule has 12 rings (SSSR count). The Hall–Kier alpha value is -10.5. The predicted octanol–water partition coefficient (Wildman–Crippen LogP) is 14.9. The standard InChI is InChI=1S/C25H28N4O4.C24H24Cl2N4O3.C24H25FN4O3/c1-15(2)24(31)27-18-8-11-20(23(30)12-18)21-13-22(17-6-7-17)29(28-21)25(32)26-14-16-4-9-19(33-3)10-5-16;1-13(2)23(32)28-16-6-7-17(22(31)10-16)20-11-21(15-4-5-15)30(29-20)24(33)27-12-14-3-8-18(25)19(26)9-14;1-14(2)23(31)27-18-9-10-19(22(30)11-18)20-12-21(16-5-6-16)29(28-20)24(32)26-13-15-3-7-17(25)8-4-15/h4-5,8-13,15,17,30H,6-7,14H2,1-3H3,(H,26,32)(H,27,31);3,6-11,13,15,31H,4-5,12H2,1-2H3,(H,27,33)(H,28,32);3-4,7-12,14,16,30H,5-6,13H2,1-2H3,(H,26,32)(H,27,31). The number of benzene rings is 6. The zero-order chi connectivity index (χ0) is 70.1. The van der Waals surface area contributed by atoms with E-state index in [1.807, 2.05) is 42.5 Å². The van der Waals surface area contributed by atoms with E-state index in [0.29, 0.717) is 67.4 Å². The van der Waals surface area contributed by atoms with Gasteiger partial charge < -0.3 is 52.0 Å². The number of aromatic hydroxyl groups is 3. The number of nitrogens with one attached hydrogen (secondary N) is 6. The van der Waals surface area contributed by atoms with E-state index in [2.05, 4.69) is 47.2 Å². The SMILES string of the molecule is CC(C)C(=O)Nc1ccc(-c2cc(C3CC3)n(C(=O)NCc3ccc(Cl)c(Cl)c3)n2)c(O)c1.CC(C)C(=O)Nc1ccc(-c2cc(C3CC3)n(C(=O)NCc3ccc(F)cc3)n2)c(O)c1.COc1ccc(CNC(=O)n2nc(-c3ccc(NC(=O)C(C)C)cc3O)cc2C2CC2)cc1. The van der Waals surface area contributed by atoms with E-state index in [1.165, 1.54) is 44.4 Å². The highest BCUT2D eigenvalue weighted by Gasteiger charge is 2.34. The van der Waals surface area contributed by atoms with Crippen LogP contribution in [0.15, 0.2) is 140 Å². The first kappa shape index (κ1) is 70.3. The molecule has 510 valence electrons. The third kappa shape index (κ3) is 18.1. The summed E-state index contributed by atoms with van der Waals surface area (Å²) < 4.78 is 22.3. The maximum Gasteiger partial charge on any atom is 0.342 e. The fraction of sp³-hybridized carbons (Fsp3) is 0.301. The Labute approximate surface area is 575 Å². The highest BCUT2D eigenvalue weighted by molar-refractivity contribution is 6.42. The van der Waals surface area contributed by atoms with Crippen LogP contribution in [0.5, 0.6) is 23.0 Å². The van der Waals surface area contributed by atoms with Gasteiger partial charge in [-0.1, -0.05) is 95.1 Å². The molecule has 0 spiro atoms. The van der Waals surface area contributed by atoms with Gasteiger partial charge in [0.05, 0.1) is 51.3 Å². The van der Waals surface area contributed by atoms with E-state index in [0.717, 1.165) is 78.0 Å². The number of phenolic OH excluding ortho intramolecular Hbond substituents is 3. The molecule has 3 heterocycles. The van der Waals surface area contributed by atoms with Crippen LogP contribution in [0, 0.1) is 23.6 Å². The van der Waals surface area contributed by atoms with Crippen LogP contribution in [0.25, 0.3) is 33.8 Å². The molecule has 0 unspecified atom stereocenters. The van der Waals surface area contributed by atoms with Crippen molar-refractivity contribution in [2.75, 3.05) is 23.1 Å². The van der Waals surface area contributed by atoms with Crippen molar-refractivity contribution in [3.8, 4) is 56.8 Å². The van der Waals surface area contributed by atoms with Gasteiger partial charge in [0.2, 0.25) is 17.7 Å². The zero-order valence-electron chi connectivity index (χ0n) is 55.1. The molecule has 3 aliphatic rings. The molecule has 3 fully saturated rings. The number of nitrogens with zero attached hydrogens (tertiary/aromatic N) is 6. The topological polar surface area (TPSA) is 298 Å². The first-order valence-corrected chi connectivity index (χ1v) is 33.0. The molecule has 25 heteroatoms. The summed E-state index contributed by atoms with van der Waals surface area (Å²) in [5.74, 6) is 0.209. The Morgan fingerprint density at radius 3 is 1.06 bits per heavy atom. The van der Waals surface area contributed by atoms with E-state index in [4.69, 9.17) is 27.9 Å². The van der Waals surface area contributed by atoms with Gasteiger partial charge in [-0.2, -0.15) is 29.3 Å². The molecule has 3 saturated carbocycles. The molecule has 98 heavy (non-hydrogen) atoms. The Balaban J connectivity index is 0.000000159. The second-order valence-electron chi connectivity index (χ2n) is 25.2. The number of carbonyl (C=O) groups is 6. The highest BCUT2D eigenvalue weighted by Crippen LogP contribution is 2.45. The lowest BCUT2D eigenvalue weighted by molar-refractivity contribution is -0.119. The summed E-state index contributed by atoms with van der Waals surface area (Å²) in [7, 11) is 1.61. The van der Waals surface area contributed by atoms with Crippen molar-refractivity contribution >= 4 is 76.1 Å². The van der Waals surface area contributed by atoms with Gasteiger partial charge in [0, 0.05) is 107 Å². The van der Waals surface area contributed by atoms with Gasteiger partial charge in [-0.25, -0.2) is 18.8 Å². The number of amides is 6. The summed E-state index contributed by atoms with van der Waals surface area (Å²) >= 11 is 12.0. The van der Waals surface area contributed by atoms with Crippen molar-refractivity contribution in [3.05, 3.63) is 189 Å². The van der Waals surface area contributed by atoms with E-state index >= 15 is 0 Å². The normalized spacial score (nSPS) is 13.2. The first-order chi connectivity index (χ1) is 46.9. The largest absolute Gasteiger partial charge is 0.507 e. The molecule has 0 radical (unpaired) electrons. The molecule has 3 aliphatic carbocycles. The molecule has 3 aromatic heterocycles. The highest BCUT2D eigenvalue weighted by atomic mass is 35.5. The van der Waals surface area contributed by atoms with Crippen molar-refractivity contribution in [1.29, 1.82) is 0 Å². The molecule has 0 bridgehead atoms. The first-order valence-electron chi connectivity index (χ1n) is 32.3. The Morgan fingerprint density at radius 1 is 0.449 bits per heavy atom. The molecule has 6 amide bonds. The average Bonchev–Trinajstić information content (AvgIpc) is 1.66. The minimum absolute atomic E-state index is 0.0119. The van der Waals surface area contributed by atoms with Crippen molar-refractivity contribution in [1.82, 2.24) is 45.3 Å². The van der Waals surface area contributed by atoms with Gasteiger partial charge >= 0.3 is 18.1 Å². The van der Waals surface area contributed by atoms with Crippen molar-refractivity contribution in [2.45, 2.75) is 117 Å². The maximum atomic E-state index is 13.1. The fourth-order valence-electron chi connectivity index (χ4n) is 10.2. The smallest absolute Gasteiger partial charge is 0.342 e. The Kier molecular flexibility index (Phi) is 22.3. The number of hydrogen-bond donors (Lipinski definition) is 9. The van der Waals surface area contributed by atoms with Crippen LogP contribution in [-0.2, 0) is 34.0 Å². The van der Waals surface area contributed by atoms with Gasteiger partial charge in [0.25, 0.3) is 0 Å². The third-order valence-corrected chi connectivity index (χ3v) is 17.1. The molecular formula is C73H77Cl2FN12O10. The van der Waals surface area contributed by atoms with Crippen LogP contribution >= 0.6 is 23.2 Å². The number of ether oxygens (including phenoxy) is 1. The summed E-state index contributed by atoms with van der Waals surface area (Å²) in [4.78, 5) is 74.4. The van der Waals surface area contributed by atoms with Crippen LogP contribution in [0.2, 0.25) is 10.0 Å². The predicted molar refractivity (Wildman–Crippen MR) is 373 cm³/mol. The number of aromatic nitrogens is 6. The molecule has 6 aromatic carbocycles. The lowest BCUT2D eigenvalue weighted by atomic mass is 10.1. The van der Waals surface area contributed by atoms with E-state index < -0.39 is 0 Å². The molecule has 0 aliphatic heterocycles. The third-order valence-electron chi connectivity index (χ3n) is 16.4. The molecule has 0 saturated heterocycles. The number of anilines is 3. The average molecular weight is 1370 g/mol. The molecule has 22 nitrogen and oxygen atoms in total. The lowest BCUT2D eigenvalue weighted by Gasteiger charge is -2.10. The van der Waals surface area contributed by atoms with E-state index in [1.54, 1.807) is 115 Å². The summed E-state index contributed by atoms with van der Waals surface area (Å²) in [6.07, 6.45) is 5.92. The number of hydrogen-bond acceptors (Lipinski definition) is 13. The van der Waals surface area contributed by atoms with Crippen LogP contribution < -0.4 is 36.6 Å². The lowest BCUT2D eigenvalue weighted by Crippen LogP contribution is -2.30. The summed E-state index contributed by atoms with van der Waals surface area (Å²) in [5.41, 5.74) is 9.37. The Morgan fingerprint density at radius 2 is 0.765 bits per heavy atom. The quantitative estimate of drug-likeness (QED) is 0.0364. The van der Waals surface area contributed by atoms with Crippen LogP contribution in [0.1, 0.15) is 132 Å². The number of rotatable bonds is 19. The second kappa shape index (κ2) is 31.1. The molecular weight excluding hydrogens is 1290 g/mol. The van der Waals surface area contributed by atoms with Crippen molar-refractivity contribution in [2.24, 2.45) is 17.8 Å². The van der Waals surface area contributed by atoms with Crippen LogP contribution in [0.3, 0.4) is 0 Å². The van der Waals surface area contributed by atoms with Gasteiger partial charge in [-0.3, -0.25) is 14.4 Å². The summed E-state index contributed by atoms with van der Waals surface area (Å²) in [6.45, 7) is 11.6. The van der Waals surface area contributed by atoms with Crippen molar-refractivity contribution < 1.29 is 53.2 Å². The van der Waals surface area contributed by atoms with Crippen molar-refractivity contribution in [3.63, 3.8) is 0 Å². The van der Waals surface area contributed by atoms with Gasteiger partial charge in [0.1, 0.15) is 28.8 Å². The van der Waals surface area contributed by atoms with Gasteiger partial charge in [-0.05, 0) is 146 Å². The number of halogens is 3. The zero-order valence-corrected chi connectivity index (χ0v) is 56.6. The summed E-state index contributed by atoms with van der Waals surface area (Å²) in [6, 6.07) is 37.6. The van der Waals surface area contributed by atoms with Gasteiger partial charge in [-0.15, -0.1) is 0 Å². The van der Waals surface area contributed by atoms with Crippen LogP contribution in [0.4, 0.5) is 35.8 Å². The molecule has 9 N–H and O–H groups in total.